The average Bonchev–Trinajstić information content (AvgIpc) is 2.67. The summed E-state index contributed by atoms with van der Waals surface area (Å²) in [6.07, 6.45) is -2.39. The Hall–Kier alpha value is -1.99. The van der Waals surface area contributed by atoms with Crippen LogP contribution in [0.3, 0.4) is 0 Å². The first kappa shape index (κ1) is 21.7. The third-order valence-electron chi connectivity index (χ3n) is 5.29. The van der Waals surface area contributed by atoms with Crippen molar-refractivity contribution in [1.29, 1.82) is 0 Å². The van der Waals surface area contributed by atoms with E-state index in [4.69, 9.17) is 14.2 Å². The topological polar surface area (TPSA) is 68.2 Å². The third-order valence-corrected chi connectivity index (χ3v) is 5.29. The summed E-state index contributed by atoms with van der Waals surface area (Å²) in [6.45, 7) is 5.63. The molecule has 1 fully saturated rings. The third kappa shape index (κ3) is 4.61. The van der Waals surface area contributed by atoms with Gasteiger partial charge >= 0.3 is 0 Å². The first-order chi connectivity index (χ1) is 13.8. The number of hydrogen-bond acceptors (Lipinski definition) is 5. The molecular formula is C23H29FO5. The van der Waals surface area contributed by atoms with Crippen LogP contribution in [-0.4, -0.2) is 47.5 Å². The van der Waals surface area contributed by atoms with Gasteiger partial charge in [-0.3, -0.25) is 0 Å². The molecule has 0 bridgehead atoms. The SMILES string of the molecule is CCCc1ccc(O[C@H]2OC(C)(C)[C@H](OC)[C@@H](O)[C@H]2O)cc1-c1cccc(F)c1. The van der Waals surface area contributed by atoms with E-state index < -0.39 is 30.2 Å². The van der Waals surface area contributed by atoms with Crippen LogP contribution >= 0.6 is 0 Å². The number of ether oxygens (including phenoxy) is 3. The lowest BCUT2D eigenvalue weighted by molar-refractivity contribution is -0.305. The summed E-state index contributed by atoms with van der Waals surface area (Å²) in [4.78, 5) is 0. The maximum absolute atomic E-state index is 13.8. The van der Waals surface area contributed by atoms with Crippen molar-refractivity contribution < 1.29 is 28.8 Å². The lowest BCUT2D eigenvalue weighted by Gasteiger charge is -2.46. The predicted molar refractivity (Wildman–Crippen MR) is 108 cm³/mol. The van der Waals surface area contributed by atoms with Crippen LogP contribution in [0.5, 0.6) is 5.75 Å². The minimum atomic E-state index is -1.28. The maximum atomic E-state index is 13.8. The highest BCUT2D eigenvalue weighted by Crippen LogP contribution is 2.34. The van der Waals surface area contributed by atoms with Crippen LogP contribution in [0, 0.1) is 5.82 Å². The van der Waals surface area contributed by atoms with Crippen LogP contribution in [-0.2, 0) is 15.9 Å². The zero-order chi connectivity index (χ0) is 21.2. The van der Waals surface area contributed by atoms with Crippen LogP contribution < -0.4 is 4.74 Å². The minimum absolute atomic E-state index is 0.308. The molecule has 0 saturated carbocycles. The van der Waals surface area contributed by atoms with Gasteiger partial charge < -0.3 is 24.4 Å². The van der Waals surface area contributed by atoms with Crippen molar-refractivity contribution in [2.45, 2.75) is 63.8 Å². The van der Waals surface area contributed by atoms with Crippen molar-refractivity contribution >= 4 is 0 Å². The van der Waals surface area contributed by atoms with E-state index in [9.17, 15) is 14.6 Å². The van der Waals surface area contributed by atoms with Gasteiger partial charge in [0, 0.05) is 7.11 Å². The molecule has 1 saturated heterocycles. The molecule has 2 aromatic rings. The molecule has 0 amide bonds. The Bertz CT molecular complexity index is 838. The van der Waals surface area contributed by atoms with Gasteiger partial charge in [-0.25, -0.2) is 4.39 Å². The van der Waals surface area contributed by atoms with Crippen LogP contribution in [0.2, 0.25) is 0 Å². The van der Waals surface area contributed by atoms with Crippen molar-refractivity contribution in [3.63, 3.8) is 0 Å². The van der Waals surface area contributed by atoms with E-state index in [2.05, 4.69) is 6.92 Å². The molecule has 2 aromatic carbocycles. The lowest BCUT2D eigenvalue weighted by Crippen LogP contribution is -2.63. The molecule has 6 heteroatoms. The largest absolute Gasteiger partial charge is 0.462 e. The molecule has 4 atom stereocenters. The zero-order valence-corrected chi connectivity index (χ0v) is 17.3. The quantitative estimate of drug-likeness (QED) is 0.769. The molecule has 2 N–H and O–H groups in total. The van der Waals surface area contributed by atoms with Crippen molar-refractivity contribution in [3.05, 3.63) is 53.8 Å². The van der Waals surface area contributed by atoms with Gasteiger partial charge in [-0.05, 0) is 61.2 Å². The molecule has 29 heavy (non-hydrogen) atoms. The molecular weight excluding hydrogens is 375 g/mol. The number of aliphatic hydroxyl groups excluding tert-OH is 2. The summed E-state index contributed by atoms with van der Waals surface area (Å²) in [7, 11) is 1.46. The standard InChI is InChI=1S/C23H29FO5/c1-5-7-14-10-11-17(13-18(14)15-8-6-9-16(24)12-15)28-22-20(26)19(25)21(27-4)23(2,3)29-22/h6,8-13,19-22,25-26H,5,7H2,1-4H3/t19-,20+,21+,22-/m0/s1. The molecule has 0 aromatic heterocycles. The van der Waals surface area contributed by atoms with Crippen molar-refractivity contribution in [2.75, 3.05) is 7.11 Å². The summed E-state index contributed by atoms with van der Waals surface area (Å²) < 4.78 is 30.9. The highest BCUT2D eigenvalue weighted by Gasteiger charge is 2.50. The number of benzene rings is 2. The minimum Gasteiger partial charge on any atom is -0.462 e. The number of aliphatic hydroxyl groups is 2. The molecule has 1 heterocycles. The molecule has 0 unspecified atom stereocenters. The van der Waals surface area contributed by atoms with Crippen LogP contribution in [0.1, 0.15) is 32.8 Å². The van der Waals surface area contributed by atoms with Gasteiger partial charge in [0.25, 0.3) is 0 Å². The summed E-state index contributed by atoms with van der Waals surface area (Å²) in [5, 5.41) is 20.9. The molecule has 0 aliphatic carbocycles. The molecule has 1 aliphatic heterocycles. The Morgan fingerprint density at radius 3 is 2.52 bits per heavy atom. The van der Waals surface area contributed by atoms with Gasteiger partial charge in [-0.2, -0.15) is 0 Å². The number of hydrogen-bond donors (Lipinski definition) is 2. The second kappa shape index (κ2) is 8.79. The van der Waals surface area contributed by atoms with Crippen molar-refractivity contribution in [1.82, 2.24) is 0 Å². The fourth-order valence-electron chi connectivity index (χ4n) is 3.88. The number of aryl methyl sites for hydroxylation is 1. The van der Waals surface area contributed by atoms with Gasteiger partial charge in [-0.15, -0.1) is 0 Å². The first-order valence-electron chi connectivity index (χ1n) is 9.89. The Labute approximate surface area is 171 Å². The van der Waals surface area contributed by atoms with Gasteiger partial charge in [0.15, 0.2) is 0 Å². The fourth-order valence-corrected chi connectivity index (χ4v) is 3.88. The van der Waals surface area contributed by atoms with Gasteiger partial charge in [-0.1, -0.05) is 31.5 Å². The van der Waals surface area contributed by atoms with E-state index in [0.717, 1.165) is 29.5 Å². The van der Waals surface area contributed by atoms with E-state index in [1.165, 1.54) is 19.2 Å². The molecule has 0 radical (unpaired) electrons. The van der Waals surface area contributed by atoms with Crippen LogP contribution in [0.15, 0.2) is 42.5 Å². The summed E-state index contributed by atoms with van der Waals surface area (Å²) in [6, 6.07) is 12.0. The van der Waals surface area contributed by atoms with E-state index in [1.54, 1.807) is 26.0 Å². The molecule has 158 valence electrons. The zero-order valence-electron chi connectivity index (χ0n) is 17.3. The van der Waals surface area contributed by atoms with Crippen LogP contribution in [0.25, 0.3) is 11.1 Å². The normalized spacial score (nSPS) is 26.3. The molecule has 5 nitrogen and oxygen atoms in total. The Kier molecular flexibility index (Phi) is 6.58. The number of rotatable bonds is 6. The second-order valence-corrected chi connectivity index (χ2v) is 7.92. The smallest absolute Gasteiger partial charge is 0.229 e. The lowest BCUT2D eigenvalue weighted by atomic mass is 9.89. The number of methoxy groups -OCH3 is 1. The molecule has 1 aliphatic rings. The Morgan fingerprint density at radius 1 is 1.10 bits per heavy atom. The first-order valence-corrected chi connectivity index (χ1v) is 9.89. The Balaban J connectivity index is 1.91. The summed E-state index contributed by atoms with van der Waals surface area (Å²) in [5.74, 6) is 0.157. The Morgan fingerprint density at radius 2 is 1.86 bits per heavy atom. The monoisotopic (exact) mass is 404 g/mol. The highest BCUT2D eigenvalue weighted by atomic mass is 19.1. The highest BCUT2D eigenvalue weighted by molar-refractivity contribution is 5.69. The van der Waals surface area contributed by atoms with Crippen molar-refractivity contribution in [3.8, 4) is 16.9 Å². The van der Waals surface area contributed by atoms with E-state index in [-0.39, 0.29) is 5.82 Å². The van der Waals surface area contributed by atoms with Gasteiger partial charge in [0.2, 0.25) is 6.29 Å². The molecule has 0 spiro atoms. The summed E-state index contributed by atoms with van der Waals surface area (Å²) >= 11 is 0. The number of halogens is 1. The van der Waals surface area contributed by atoms with E-state index in [0.29, 0.717) is 5.75 Å². The fraction of sp³-hybridized carbons (Fsp3) is 0.478. The maximum Gasteiger partial charge on any atom is 0.229 e. The molecule has 3 rings (SSSR count). The van der Waals surface area contributed by atoms with Gasteiger partial charge in [0.1, 0.15) is 29.9 Å². The second-order valence-electron chi connectivity index (χ2n) is 7.92. The predicted octanol–water partition coefficient (Wildman–Crippen LogP) is 3.70. The van der Waals surface area contributed by atoms with Gasteiger partial charge in [0.05, 0.1) is 5.60 Å². The van der Waals surface area contributed by atoms with Crippen molar-refractivity contribution in [2.24, 2.45) is 0 Å². The van der Waals surface area contributed by atoms with E-state index >= 15 is 0 Å². The summed E-state index contributed by atoms with van der Waals surface area (Å²) in [5.41, 5.74) is 1.84. The average molecular weight is 404 g/mol. The van der Waals surface area contributed by atoms with Crippen LogP contribution in [0.4, 0.5) is 4.39 Å². The van der Waals surface area contributed by atoms with E-state index in [1.807, 2.05) is 18.2 Å².